The van der Waals surface area contributed by atoms with E-state index >= 15 is 0 Å². The van der Waals surface area contributed by atoms with Gasteiger partial charge in [-0.1, -0.05) is 17.3 Å². The summed E-state index contributed by atoms with van der Waals surface area (Å²) in [5.74, 6) is -0.449. The van der Waals surface area contributed by atoms with Gasteiger partial charge in [0.15, 0.2) is 6.10 Å². The van der Waals surface area contributed by atoms with Gasteiger partial charge in [-0.15, -0.1) is 0 Å². The second-order valence-corrected chi connectivity index (χ2v) is 5.47. The van der Waals surface area contributed by atoms with E-state index in [1.165, 1.54) is 12.1 Å². The summed E-state index contributed by atoms with van der Waals surface area (Å²) in [6, 6.07) is 7.84. The molecule has 3 aromatic rings. The lowest BCUT2D eigenvalue weighted by molar-refractivity contribution is -0.385. The van der Waals surface area contributed by atoms with Crippen LogP contribution in [0.15, 0.2) is 47.2 Å². The molecule has 0 aliphatic heterocycles. The van der Waals surface area contributed by atoms with E-state index in [1.807, 2.05) is 0 Å². The van der Waals surface area contributed by atoms with Crippen molar-refractivity contribution < 1.29 is 19.0 Å². The average molecular weight is 354 g/mol. The summed E-state index contributed by atoms with van der Waals surface area (Å²) in [7, 11) is 0. The fourth-order valence-corrected chi connectivity index (χ4v) is 2.35. The van der Waals surface area contributed by atoms with Crippen molar-refractivity contribution in [2.24, 2.45) is 0 Å². The molecule has 0 aliphatic rings. The second kappa shape index (κ2) is 7.09. The minimum absolute atomic E-state index is 0.0773. The zero-order chi connectivity index (χ0) is 18.7. The first-order valence-corrected chi connectivity index (χ1v) is 7.66. The molecule has 0 aliphatic carbocycles. The number of ether oxygens (including phenoxy) is 1. The number of carbonyl (C=O) groups is 1. The van der Waals surface area contributed by atoms with Crippen molar-refractivity contribution in [1.82, 2.24) is 15.1 Å². The SMILES string of the molecule is Cc1cccc([N+](=O)[O-])c1C(=O)OC(C)c1nc(-c2cccnc2)no1. The van der Waals surface area contributed by atoms with Crippen molar-refractivity contribution in [1.29, 1.82) is 0 Å². The number of carbonyl (C=O) groups excluding carboxylic acids is 1. The zero-order valence-electron chi connectivity index (χ0n) is 13.9. The Morgan fingerprint density at radius 2 is 2.12 bits per heavy atom. The summed E-state index contributed by atoms with van der Waals surface area (Å²) in [5, 5.41) is 15.0. The fourth-order valence-electron chi connectivity index (χ4n) is 2.35. The Morgan fingerprint density at radius 3 is 2.81 bits per heavy atom. The Morgan fingerprint density at radius 1 is 1.31 bits per heavy atom. The topological polar surface area (TPSA) is 121 Å². The van der Waals surface area contributed by atoms with E-state index < -0.39 is 17.0 Å². The molecule has 1 unspecified atom stereocenters. The highest BCUT2D eigenvalue weighted by molar-refractivity contribution is 5.95. The number of nitrogens with zero attached hydrogens (tertiary/aromatic N) is 4. The molecule has 26 heavy (non-hydrogen) atoms. The molecule has 0 saturated heterocycles. The van der Waals surface area contributed by atoms with Crippen LogP contribution in [0.25, 0.3) is 11.4 Å². The number of nitro groups is 1. The first-order chi connectivity index (χ1) is 12.5. The number of nitro benzene ring substituents is 1. The summed E-state index contributed by atoms with van der Waals surface area (Å²) in [5.41, 5.74) is 0.675. The maximum Gasteiger partial charge on any atom is 0.346 e. The molecule has 1 atom stereocenters. The minimum Gasteiger partial charge on any atom is -0.449 e. The number of aryl methyl sites for hydroxylation is 1. The van der Waals surface area contributed by atoms with Crippen LogP contribution in [0.1, 0.15) is 34.8 Å². The Balaban J connectivity index is 1.81. The van der Waals surface area contributed by atoms with Gasteiger partial charge in [-0.3, -0.25) is 15.1 Å². The molecule has 3 rings (SSSR count). The number of hydrogen-bond donors (Lipinski definition) is 0. The van der Waals surface area contributed by atoms with Gasteiger partial charge in [0.2, 0.25) is 5.82 Å². The monoisotopic (exact) mass is 354 g/mol. The quantitative estimate of drug-likeness (QED) is 0.389. The fraction of sp³-hybridized carbons (Fsp3) is 0.176. The van der Waals surface area contributed by atoms with Crippen LogP contribution >= 0.6 is 0 Å². The van der Waals surface area contributed by atoms with E-state index in [2.05, 4.69) is 15.1 Å². The first-order valence-electron chi connectivity index (χ1n) is 7.66. The van der Waals surface area contributed by atoms with Crippen LogP contribution in [0.4, 0.5) is 5.69 Å². The van der Waals surface area contributed by atoms with E-state index in [0.29, 0.717) is 17.0 Å². The molecule has 0 fully saturated rings. The average Bonchev–Trinajstić information content (AvgIpc) is 3.12. The van der Waals surface area contributed by atoms with Crippen molar-refractivity contribution in [3.8, 4) is 11.4 Å². The Hall–Kier alpha value is -3.62. The maximum atomic E-state index is 12.4. The van der Waals surface area contributed by atoms with Gasteiger partial charge in [0.25, 0.3) is 11.6 Å². The van der Waals surface area contributed by atoms with Crippen molar-refractivity contribution in [3.05, 3.63) is 69.9 Å². The van der Waals surface area contributed by atoms with Crippen LogP contribution in [0.3, 0.4) is 0 Å². The molecule has 0 saturated carbocycles. The van der Waals surface area contributed by atoms with Gasteiger partial charge >= 0.3 is 5.97 Å². The molecule has 2 heterocycles. The van der Waals surface area contributed by atoms with E-state index in [4.69, 9.17) is 9.26 Å². The molecule has 0 amide bonds. The predicted octanol–water partition coefficient (Wildman–Crippen LogP) is 3.27. The highest BCUT2D eigenvalue weighted by Crippen LogP contribution is 2.26. The van der Waals surface area contributed by atoms with Gasteiger partial charge in [0.05, 0.1) is 4.92 Å². The van der Waals surface area contributed by atoms with Crippen molar-refractivity contribution in [3.63, 3.8) is 0 Å². The van der Waals surface area contributed by atoms with Crippen LogP contribution in [0, 0.1) is 17.0 Å². The number of esters is 1. The molecule has 9 nitrogen and oxygen atoms in total. The number of hydrogen-bond acceptors (Lipinski definition) is 8. The third kappa shape index (κ3) is 3.41. The molecule has 1 aromatic carbocycles. The van der Waals surface area contributed by atoms with E-state index in [-0.39, 0.29) is 17.1 Å². The normalized spacial score (nSPS) is 11.8. The number of rotatable bonds is 5. The molecule has 0 N–H and O–H groups in total. The minimum atomic E-state index is -0.875. The lowest BCUT2D eigenvalue weighted by atomic mass is 10.1. The number of benzene rings is 1. The molecule has 132 valence electrons. The maximum absolute atomic E-state index is 12.4. The van der Waals surface area contributed by atoms with E-state index in [0.717, 1.165) is 0 Å². The highest BCUT2D eigenvalue weighted by Gasteiger charge is 2.27. The Bertz CT molecular complexity index is 955. The second-order valence-electron chi connectivity index (χ2n) is 5.47. The zero-order valence-corrected chi connectivity index (χ0v) is 13.9. The van der Waals surface area contributed by atoms with Gasteiger partial charge in [-0.05, 0) is 31.5 Å². The lowest BCUT2D eigenvalue weighted by Crippen LogP contribution is -2.13. The molecule has 0 radical (unpaired) electrons. The van der Waals surface area contributed by atoms with Gasteiger partial charge in [-0.2, -0.15) is 4.98 Å². The summed E-state index contributed by atoms with van der Waals surface area (Å²) < 4.78 is 10.4. The van der Waals surface area contributed by atoms with Crippen molar-refractivity contribution in [2.75, 3.05) is 0 Å². The molecule has 9 heteroatoms. The standard InChI is InChI=1S/C17H14N4O5/c1-10-5-3-7-13(21(23)24)14(10)17(22)25-11(2)16-19-15(20-26-16)12-6-4-8-18-9-12/h3-9,11H,1-2H3. The Kier molecular flexibility index (Phi) is 4.70. The van der Waals surface area contributed by atoms with Crippen LogP contribution in [-0.2, 0) is 4.74 Å². The third-order valence-electron chi connectivity index (χ3n) is 3.64. The van der Waals surface area contributed by atoms with Crippen LogP contribution in [0.2, 0.25) is 0 Å². The molecular formula is C17H14N4O5. The van der Waals surface area contributed by atoms with Crippen LogP contribution < -0.4 is 0 Å². The van der Waals surface area contributed by atoms with Gasteiger partial charge in [0.1, 0.15) is 5.56 Å². The summed E-state index contributed by atoms with van der Waals surface area (Å²) in [4.78, 5) is 31.1. The summed E-state index contributed by atoms with van der Waals surface area (Å²) in [6.45, 7) is 3.14. The number of aromatic nitrogens is 3. The third-order valence-corrected chi connectivity index (χ3v) is 3.64. The molecule has 2 aromatic heterocycles. The van der Waals surface area contributed by atoms with Crippen LogP contribution in [-0.4, -0.2) is 26.0 Å². The van der Waals surface area contributed by atoms with E-state index in [9.17, 15) is 14.9 Å². The highest BCUT2D eigenvalue weighted by atomic mass is 16.6. The van der Waals surface area contributed by atoms with Gasteiger partial charge < -0.3 is 9.26 Å². The van der Waals surface area contributed by atoms with Crippen LogP contribution in [0.5, 0.6) is 0 Å². The molecule has 0 bridgehead atoms. The summed E-state index contributed by atoms with van der Waals surface area (Å²) >= 11 is 0. The number of pyridine rings is 1. The summed E-state index contributed by atoms with van der Waals surface area (Å²) in [6.07, 6.45) is 2.31. The van der Waals surface area contributed by atoms with Gasteiger partial charge in [0, 0.05) is 24.0 Å². The lowest BCUT2D eigenvalue weighted by Gasteiger charge is -2.10. The molecule has 0 spiro atoms. The largest absolute Gasteiger partial charge is 0.449 e. The van der Waals surface area contributed by atoms with Crippen molar-refractivity contribution >= 4 is 11.7 Å². The predicted molar refractivity (Wildman–Crippen MR) is 89.2 cm³/mol. The smallest absolute Gasteiger partial charge is 0.346 e. The Labute approximate surface area is 147 Å². The first kappa shape index (κ1) is 17.2. The van der Waals surface area contributed by atoms with E-state index in [1.54, 1.807) is 44.4 Å². The molecular weight excluding hydrogens is 340 g/mol. The van der Waals surface area contributed by atoms with Gasteiger partial charge in [-0.25, -0.2) is 4.79 Å². The van der Waals surface area contributed by atoms with Crippen molar-refractivity contribution in [2.45, 2.75) is 20.0 Å².